The van der Waals surface area contributed by atoms with E-state index in [1.54, 1.807) is 12.4 Å². The van der Waals surface area contributed by atoms with Crippen LogP contribution in [0.15, 0.2) is 12.4 Å². The predicted molar refractivity (Wildman–Crippen MR) is 68.3 cm³/mol. The van der Waals surface area contributed by atoms with Crippen molar-refractivity contribution in [2.45, 2.75) is 32.6 Å². The van der Waals surface area contributed by atoms with E-state index in [1.807, 2.05) is 6.92 Å². The Morgan fingerprint density at radius 1 is 1.39 bits per heavy atom. The lowest BCUT2D eigenvalue weighted by Crippen LogP contribution is -2.32. The number of aliphatic carboxylic acids is 1. The van der Waals surface area contributed by atoms with Crippen molar-refractivity contribution in [2.75, 3.05) is 11.9 Å². The maximum atomic E-state index is 11.2. The summed E-state index contributed by atoms with van der Waals surface area (Å²) < 4.78 is 0. The average molecular weight is 249 g/mol. The van der Waals surface area contributed by atoms with Gasteiger partial charge in [0.25, 0.3) is 0 Å². The highest BCUT2D eigenvalue weighted by molar-refractivity contribution is 5.70. The molecule has 2 N–H and O–H groups in total. The molecular formula is C13H19N3O2. The first-order valence-corrected chi connectivity index (χ1v) is 6.42. The molecule has 5 heteroatoms. The number of anilines is 1. The average Bonchev–Trinajstić information content (AvgIpc) is 2.38. The molecule has 0 aliphatic heterocycles. The lowest BCUT2D eigenvalue weighted by molar-refractivity contribution is -0.144. The summed E-state index contributed by atoms with van der Waals surface area (Å²) in [6.07, 6.45) is 7.21. The quantitative estimate of drug-likeness (QED) is 0.854. The number of hydrogen-bond donors (Lipinski definition) is 2. The Balaban J connectivity index is 1.96. The summed E-state index contributed by atoms with van der Waals surface area (Å²) in [5, 5.41) is 12.4. The smallest absolute Gasteiger partial charge is 0.306 e. The summed E-state index contributed by atoms with van der Waals surface area (Å²) >= 11 is 0. The van der Waals surface area contributed by atoms with Gasteiger partial charge < -0.3 is 10.4 Å². The number of carbonyl (C=O) groups is 1. The minimum absolute atomic E-state index is 0.192. The van der Waals surface area contributed by atoms with E-state index in [1.165, 1.54) is 0 Å². The van der Waals surface area contributed by atoms with E-state index >= 15 is 0 Å². The molecular weight excluding hydrogens is 230 g/mol. The van der Waals surface area contributed by atoms with E-state index in [0.717, 1.165) is 37.2 Å². The van der Waals surface area contributed by atoms with E-state index in [4.69, 9.17) is 0 Å². The van der Waals surface area contributed by atoms with Crippen molar-refractivity contribution >= 4 is 11.8 Å². The zero-order chi connectivity index (χ0) is 13.0. The molecule has 0 amide bonds. The first-order valence-electron chi connectivity index (χ1n) is 6.42. The Labute approximate surface area is 107 Å². The third kappa shape index (κ3) is 2.97. The second-order valence-corrected chi connectivity index (χ2v) is 4.86. The minimum atomic E-state index is -0.669. The molecule has 2 rings (SSSR count). The van der Waals surface area contributed by atoms with Gasteiger partial charge in [0, 0.05) is 18.9 Å². The molecule has 2 unspecified atom stereocenters. The number of carboxylic acids is 1. The van der Waals surface area contributed by atoms with Crippen molar-refractivity contribution in [1.29, 1.82) is 0 Å². The van der Waals surface area contributed by atoms with Crippen molar-refractivity contribution < 1.29 is 9.90 Å². The number of nitrogens with zero attached hydrogens (tertiary/aromatic N) is 2. The van der Waals surface area contributed by atoms with Gasteiger partial charge in [0.05, 0.1) is 11.6 Å². The van der Waals surface area contributed by atoms with Crippen molar-refractivity contribution in [2.24, 2.45) is 11.8 Å². The van der Waals surface area contributed by atoms with E-state index in [-0.39, 0.29) is 11.8 Å². The fourth-order valence-electron chi connectivity index (χ4n) is 2.59. The van der Waals surface area contributed by atoms with Gasteiger partial charge in [-0.15, -0.1) is 0 Å². The van der Waals surface area contributed by atoms with E-state index in [2.05, 4.69) is 15.3 Å². The number of aryl methyl sites for hydroxylation is 1. The third-order valence-electron chi connectivity index (χ3n) is 3.64. The lowest BCUT2D eigenvalue weighted by atomic mass is 9.79. The van der Waals surface area contributed by atoms with Gasteiger partial charge in [-0.05, 0) is 25.7 Å². The Kier molecular flexibility index (Phi) is 4.12. The van der Waals surface area contributed by atoms with Crippen LogP contribution in [0.25, 0.3) is 0 Å². The molecule has 0 aromatic carbocycles. The lowest BCUT2D eigenvalue weighted by Gasteiger charge is -2.28. The van der Waals surface area contributed by atoms with Gasteiger partial charge in [0.2, 0.25) is 0 Å². The number of carboxylic acid groups (broad SMARTS) is 1. The Bertz CT molecular complexity index is 422. The first kappa shape index (κ1) is 12.8. The van der Waals surface area contributed by atoms with Crippen LogP contribution in [0.4, 0.5) is 5.82 Å². The molecule has 1 saturated carbocycles. The zero-order valence-electron chi connectivity index (χ0n) is 10.6. The van der Waals surface area contributed by atoms with Gasteiger partial charge in [-0.25, -0.2) is 4.98 Å². The molecule has 0 spiro atoms. The van der Waals surface area contributed by atoms with Crippen LogP contribution >= 0.6 is 0 Å². The second-order valence-electron chi connectivity index (χ2n) is 4.86. The number of aromatic nitrogens is 2. The molecule has 2 atom stereocenters. The Hall–Kier alpha value is -1.65. The van der Waals surface area contributed by atoms with Crippen LogP contribution in [0.3, 0.4) is 0 Å². The van der Waals surface area contributed by atoms with Crippen LogP contribution in [0.2, 0.25) is 0 Å². The largest absolute Gasteiger partial charge is 0.481 e. The van der Waals surface area contributed by atoms with Gasteiger partial charge in [0.1, 0.15) is 5.82 Å². The molecule has 1 fully saturated rings. The highest BCUT2D eigenvalue weighted by Gasteiger charge is 2.30. The fourth-order valence-corrected chi connectivity index (χ4v) is 2.59. The summed E-state index contributed by atoms with van der Waals surface area (Å²) in [6, 6.07) is 0. The van der Waals surface area contributed by atoms with Crippen LogP contribution in [0.1, 0.15) is 31.4 Å². The number of rotatable bonds is 4. The maximum Gasteiger partial charge on any atom is 0.306 e. The number of hydrogen-bond acceptors (Lipinski definition) is 4. The van der Waals surface area contributed by atoms with E-state index in [9.17, 15) is 9.90 Å². The standard InChI is InChI=1S/C13H19N3O2/c1-9-12(15-7-6-14-9)16-8-10-4-2-3-5-11(10)13(17)18/h6-7,10-11H,2-5,8H2,1H3,(H,15,16)(H,17,18). The minimum Gasteiger partial charge on any atom is -0.481 e. The van der Waals surface area contributed by atoms with Gasteiger partial charge in [-0.1, -0.05) is 12.8 Å². The molecule has 5 nitrogen and oxygen atoms in total. The van der Waals surface area contributed by atoms with E-state index < -0.39 is 5.97 Å². The molecule has 0 radical (unpaired) electrons. The van der Waals surface area contributed by atoms with Crippen LogP contribution in [0, 0.1) is 18.8 Å². The van der Waals surface area contributed by atoms with Crippen molar-refractivity contribution in [3.05, 3.63) is 18.1 Å². The SMILES string of the molecule is Cc1nccnc1NCC1CCCCC1C(=O)O. The molecule has 0 bridgehead atoms. The van der Waals surface area contributed by atoms with Gasteiger partial charge in [0.15, 0.2) is 0 Å². The van der Waals surface area contributed by atoms with Gasteiger partial charge in [-0.2, -0.15) is 0 Å². The Morgan fingerprint density at radius 2 is 2.11 bits per heavy atom. The normalized spacial score (nSPS) is 23.6. The van der Waals surface area contributed by atoms with Crippen LogP contribution in [-0.2, 0) is 4.79 Å². The first-order chi connectivity index (χ1) is 8.68. The predicted octanol–water partition coefficient (Wildman–Crippen LogP) is 2.09. The molecule has 18 heavy (non-hydrogen) atoms. The van der Waals surface area contributed by atoms with Crippen LogP contribution in [-0.4, -0.2) is 27.6 Å². The van der Waals surface area contributed by atoms with Gasteiger partial charge in [-0.3, -0.25) is 9.78 Å². The molecule has 1 aromatic heterocycles. The molecule has 1 aliphatic carbocycles. The van der Waals surface area contributed by atoms with E-state index in [0.29, 0.717) is 6.54 Å². The zero-order valence-corrected chi connectivity index (χ0v) is 10.6. The highest BCUT2D eigenvalue weighted by atomic mass is 16.4. The second kappa shape index (κ2) is 5.80. The van der Waals surface area contributed by atoms with Crippen LogP contribution in [0.5, 0.6) is 0 Å². The molecule has 0 saturated heterocycles. The summed E-state index contributed by atoms with van der Waals surface area (Å²) in [6.45, 7) is 2.56. The third-order valence-corrected chi connectivity index (χ3v) is 3.64. The molecule has 98 valence electrons. The van der Waals surface area contributed by atoms with Crippen LogP contribution < -0.4 is 5.32 Å². The number of nitrogens with one attached hydrogen (secondary N) is 1. The van der Waals surface area contributed by atoms with Crippen molar-refractivity contribution in [3.63, 3.8) is 0 Å². The topological polar surface area (TPSA) is 75.1 Å². The van der Waals surface area contributed by atoms with Gasteiger partial charge >= 0.3 is 5.97 Å². The van der Waals surface area contributed by atoms with Crippen molar-refractivity contribution in [3.8, 4) is 0 Å². The summed E-state index contributed by atoms with van der Waals surface area (Å²) in [5.74, 6) is 0.0606. The van der Waals surface area contributed by atoms with Crippen molar-refractivity contribution in [1.82, 2.24) is 9.97 Å². The summed E-state index contributed by atoms with van der Waals surface area (Å²) in [7, 11) is 0. The monoisotopic (exact) mass is 249 g/mol. The molecule has 1 aromatic rings. The molecule has 1 heterocycles. The maximum absolute atomic E-state index is 11.2. The fraction of sp³-hybridized carbons (Fsp3) is 0.615. The summed E-state index contributed by atoms with van der Waals surface area (Å²) in [4.78, 5) is 19.6. The summed E-state index contributed by atoms with van der Waals surface area (Å²) in [5.41, 5.74) is 0.847. The Morgan fingerprint density at radius 3 is 2.83 bits per heavy atom. The molecule has 1 aliphatic rings. The highest BCUT2D eigenvalue weighted by Crippen LogP contribution is 2.30.